The summed E-state index contributed by atoms with van der Waals surface area (Å²) in [6.45, 7) is 7.16. The fraction of sp³-hybridized carbons (Fsp3) is 0.571. The average Bonchev–Trinajstić information content (AvgIpc) is 2.60. The van der Waals surface area contributed by atoms with Gasteiger partial charge >= 0.3 is 0 Å². The third kappa shape index (κ3) is 3.36. The van der Waals surface area contributed by atoms with E-state index in [9.17, 15) is 0 Å². The smallest absolute Gasteiger partial charge is 0.0755 e. The van der Waals surface area contributed by atoms with Crippen molar-refractivity contribution in [1.29, 1.82) is 0 Å². The minimum atomic E-state index is 0.0390. The summed E-state index contributed by atoms with van der Waals surface area (Å²) in [6.07, 6.45) is 2.57. The predicted molar refractivity (Wildman–Crippen MR) is 72.9 cm³/mol. The highest BCUT2D eigenvalue weighted by atomic mass is 35.5. The summed E-state index contributed by atoms with van der Waals surface area (Å²) in [7, 11) is 0. The van der Waals surface area contributed by atoms with Crippen molar-refractivity contribution in [3.8, 4) is 0 Å². The number of anilines is 1. The summed E-state index contributed by atoms with van der Waals surface area (Å²) in [5.41, 5.74) is 2.21. The Morgan fingerprint density at radius 1 is 1.47 bits per heavy atom. The first-order chi connectivity index (χ1) is 7.96. The molecule has 0 aromatic heterocycles. The highest BCUT2D eigenvalue weighted by Gasteiger charge is 2.31. The molecule has 0 bridgehead atoms. The predicted octanol–water partition coefficient (Wildman–Crippen LogP) is 4.02. The summed E-state index contributed by atoms with van der Waals surface area (Å²) in [6, 6.07) is 6.06. The number of nitrogens with one attached hydrogen (secondary N) is 1. The lowest BCUT2D eigenvalue weighted by atomic mass is 10.1. The third-order valence-corrected chi connectivity index (χ3v) is 3.67. The molecule has 1 saturated heterocycles. The monoisotopic (exact) mass is 253 g/mol. The quantitative estimate of drug-likeness (QED) is 0.879. The van der Waals surface area contributed by atoms with Crippen molar-refractivity contribution in [2.45, 2.75) is 45.3 Å². The molecule has 1 aromatic rings. The van der Waals surface area contributed by atoms with Crippen molar-refractivity contribution in [1.82, 2.24) is 0 Å². The van der Waals surface area contributed by atoms with E-state index in [0.29, 0.717) is 6.10 Å². The first-order valence-electron chi connectivity index (χ1n) is 6.14. The molecule has 1 heterocycles. The topological polar surface area (TPSA) is 21.3 Å². The highest BCUT2D eigenvalue weighted by molar-refractivity contribution is 6.31. The minimum absolute atomic E-state index is 0.0390. The summed E-state index contributed by atoms with van der Waals surface area (Å²) in [5.74, 6) is 0. The standard InChI is InChI=1S/C14H20ClNO/c1-10-4-5-11(8-13(10)15)16-9-12-6-7-14(2,3)17-12/h4-5,8,12,16H,6-7,9H2,1-3H3. The Hall–Kier alpha value is -0.730. The van der Waals surface area contributed by atoms with Gasteiger partial charge in [-0.05, 0) is 51.3 Å². The first kappa shape index (κ1) is 12.7. The maximum atomic E-state index is 6.08. The van der Waals surface area contributed by atoms with Gasteiger partial charge in [-0.2, -0.15) is 0 Å². The molecule has 0 aliphatic carbocycles. The van der Waals surface area contributed by atoms with Gasteiger partial charge in [0.25, 0.3) is 0 Å². The van der Waals surface area contributed by atoms with E-state index in [1.807, 2.05) is 19.1 Å². The molecule has 0 amide bonds. The van der Waals surface area contributed by atoms with Gasteiger partial charge in [-0.25, -0.2) is 0 Å². The summed E-state index contributed by atoms with van der Waals surface area (Å²) >= 11 is 6.08. The van der Waals surface area contributed by atoms with E-state index >= 15 is 0 Å². The number of rotatable bonds is 3. The number of hydrogen-bond donors (Lipinski definition) is 1. The molecule has 2 rings (SSSR count). The lowest BCUT2D eigenvalue weighted by molar-refractivity contribution is -0.00910. The van der Waals surface area contributed by atoms with Gasteiger partial charge in [0.2, 0.25) is 0 Å². The first-order valence-corrected chi connectivity index (χ1v) is 6.52. The molecule has 17 heavy (non-hydrogen) atoms. The number of halogens is 1. The van der Waals surface area contributed by atoms with Crippen molar-refractivity contribution in [3.63, 3.8) is 0 Å². The largest absolute Gasteiger partial charge is 0.382 e. The number of hydrogen-bond acceptors (Lipinski definition) is 2. The van der Waals surface area contributed by atoms with Crippen LogP contribution in [0.5, 0.6) is 0 Å². The molecule has 0 saturated carbocycles. The molecule has 1 fully saturated rings. The van der Waals surface area contributed by atoms with Crippen LogP contribution in [0.1, 0.15) is 32.3 Å². The molecule has 1 aliphatic heterocycles. The van der Waals surface area contributed by atoms with E-state index in [4.69, 9.17) is 16.3 Å². The van der Waals surface area contributed by atoms with Crippen LogP contribution in [-0.2, 0) is 4.74 Å². The van der Waals surface area contributed by atoms with Crippen LogP contribution in [0.15, 0.2) is 18.2 Å². The van der Waals surface area contributed by atoms with Gasteiger partial charge in [-0.3, -0.25) is 0 Å². The van der Waals surface area contributed by atoms with E-state index in [1.54, 1.807) is 0 Å². The normalized spacial score (nSPS) is 22.7. The van der Waals surface area contributed by atoms with Crippen LogP contribution in [0.3, 0.4) is 0 Å². The fourth-order valence-electron chi connectivity index (χ4n) is 2.16. The van der Waals surface area contributed by atoms with Crippen LogP contribution in [0.25, 0.3) is 0 Å². The highest BCUT2D eigenvalue weighted by Crippen LogP contribution is 2.29. The van der Waals surface area contributed by atoms with E-state index < -0.39 is 0 Å². The number of ether oxygens (including phenoxy) is 1. The van der Waals surface area contributed by atoms with Gasteiger partial charge in [0, 0.05) is 17.3 Å². The molecule has 1 unspecified atom stereocenters. The van der Waals surface area contributed by atoms with E-state index in [1.165, 1.54) is 0 Å². The third-order valence-electron chi connectivity index (χ3n) is 3.26. The van der Waals surface area contributed by atoms with Crippen molar-refractivity contribution in [2.75, 3.05) is 11.9 Å². The Morgan fingerprint density at radius 2 is 2.24 bits per heavy atom. The van der Waals surface area contributed by atoms with Gasteiger partial charge in [0.05, 0.1) is 11.7 Å². The zero-order chi connectivity index (χ0) is 12.5. The summed E-state index contributed by atoms with van der Waals surface area (Å²) in [5, 5.41) is 4.19. The molecule has 1 atom stereocenters. The molecule has 0 spiro atoms. The van der Waals surface area contributed by atoms with Crippen LogP contribution in [0.4, 0.5) is 5.69 Å². The molecular formula is C14H20ClNO. The van der Waals surface area contributed by atoms with Crippen molar-refractivity contribution >= 4 is 17.3 Å². The molecule has 94 valence electrons. The average molecular weight is 254 g/mol. The van der Waals surface area contributed by atoms with Gasteiger partial charge in [-0.1, -0.05) is 17.7 Å². The van der Waals surface area contributed by atoms with Crippen LogP contribution in [-0.4, -0.2) is 18.2 Å². The van der Waals surface area contributed by atoms with E-state index in [-0.39, 0.29) is 5.60 Å². The second-order valence-corrected chi connectivity index (χ2v) is 5.79. The van der Waals surface area contributed by atoms with Crippen LogP contribution >= 0.6 is 11.6 Å². The zero-order valence-corrected chi connectivity index (χ0v) is 11.5. The maximum absolute atomic E-state index is 6.08. The molecule has 1 N–H and O–H groups in total. The van der Waals surface area contributed by atoms with Crippen molar-refractivity contribution in [2.24, 2.45) is 0 Å². The van der Waals surface area contributed by atoms with Gasteiger partial charge in [0.15, 0.2) is 0 Å². The lowest BCUT2D eigenvalue weighted by Gasteiger charge is -2.19. The zero-order valence-electron chi connectivity index (χ0n) is 10.7. The molecule has 0 radical (unpaired) electrons. The van der Waals surface area contributed by atoms with Crippen LogP contribution < -0.4 is 5.32 Å². The molecule has 3 heteroatoms. The lowest BCUT2D eigenvalue weighted by Crippen LogP contribution is -2.24. The van der Waals surface area contributed by atoms with Gasteiger partial charge in [-0.15, -0.1) is 0 Å². The Balaban J connectivity index is 1.88. The Morgan fingerprint density at radius 3 is 2.82 bits per heavy atom. The SMILES string of the molecule is Cc1ccc(NCC2CCC(C)(C)O2)cc1Cl. The maximum Gasteiger partial charge on any atom is 0.0755 e. The second-order valence-electron chi connectivity index (χ2n) is 5.38. The van der Waals surface area contributed by atoms with E-state index in [0.717, 1.165) is 35.7 Å². The summed E-state index contributed by atoms with van der Waals surface area (Å²) < 4.78 is 5.93. The van der Waals surface area contributed by atoms with Crippen LogP contribution in [0.2, 0.25) is 5.02 Å². The number of benzene rings is 1. The second kappa shape index (κ2) is 4.87. The van der Waals surface area contributed by atoms with Crippen molar-refractivity contribution < 1.29 is 4.74 Å². The minimum Gasteiger partial charge on any atom is -0.382 e. The Bertz CT molecular complexity index is 403. The fourth-order valence-corrected chi connectivity index (χ4v) is 2.34. The Kier molecular flexibility index (Phi) is 3.64. The Labute approximate surface area is 108 Å². The molecule has 1 aliphatic rings. The van der Waals surface area contributed by atoms with Crippen molar-refractivity contribution in [3.05, 3.63) is 28.8 Å². The number of aryl methyl sites for hydroxylation is 1. The molecule has 1 aromatic carbocycles. The van der Waals surface area contributed by atoms with E-state index in [2.05, 4.69) is 25.2 Å². The van der Waals surface area contributed by atoms with Crippen LogP contribution in [0, 0.1) is 6.92 Å². The molecule has 2 nitrogen and oxygen atoms in total. The van der Waals surface area contributed by atoms with Gasteiger partial charge in [0.1, 0.15) is 0 Å². The molecular weight excluding hydrogens is 234 g/mol. The summed E-state index contributed by atoms with van der Waals surface area (Å²) in [4.78, 5) is 0. The van der Waals surface area contributed by atoms with Gasteiger partial charge < -0.3 is 10.1 Å².